The van der Waals surface area contributed by atoms with E-state index in [-0.39, 0.29) is 5.91 Å². The van der Waals surface area contributed by atoms with Crippen molar-refractivity contribution >= 4 is 11.9 Å². The first-order valence-electron chi connectivity index (χ1n) is 7.41. The molecule has 2 unspecified atom stereocenters. The second kappa shape index (κ2) is 9.13. The van der Waals surface area contributed by atoms with Crippen molar-refractivity contribution in [1.29, 1.82) is 0 Å². The van der Waals surface area contributed by atoms with Gasteiger partial charge in [-0.3, -0.25) is 10.1 Å². The molecule has 0 spiro atoms. The first kappa shape index (κ1) is 17.2. The van der Waals surface area contributed by atoms with Crippen LogP contribution in [0.25, 0.3) is 0 Å². The van der Waals surface area contributed by atoms with E-state index in [1.54, 1.807) is 13.8 Å². The normalized spacial score (nSPS) is 13.3. The third-order valence-electron chi connectivity index (χ3n) is 3.36. The average molecular weight is 291 g/mol. The molecule has 0 saturated heterocycles. The van der Waals surface area contributed by atoms with Crippen LogP contribution in [-0.2, 0) is 4.79 Å². The van der Waals surface area contributed by atoms with E-state index in [1.165, 1.54) is 5.56 Å². The topological polar surface area (TPSA) is 70.2 Å². The van der Waals surface area contributed by atoms with Gasteiger partial charge in [-0.15, -0.1) is 0 Å². The highest BCUT2D eigenvalue weighted by atomic mass is 16.2. The number of nitrogens with one attached hydrogen (secondary N) is 3. The molecular weight excluding hydrogens is 266 g/mol. The highest BCUT2D eigenvalue weighted by molar-refractivity contribution is 5.96. The summed E-state index contributed by atoms with van der Waals surface area (Å²) >= 11 is 0. The van der Waals surface area contributed by atoms with Crippen molar-refractivity contribution in [3.05, 3.63) is 35.9 Å². The number of carbonyl (C=O) groups excluding carboxylic acids is 2. The highest BCUT2D eigenvalue weighted by Crippen LogP contribution is 2.17. The van der Waals surface area contributed by atoms with Crippen molar-refractivity contribution in [3.8, 4) is 0 Å². The molecule has 3 N–H and O–H groups in total. The van der Waals surface area contributed by atoms with Crippen molar-refractivity contribution in [1.82, 2.24) is 16.0 Å². The van der Waals surface area contributed by atoms with Crippen LogP contribution in [0.3, 0.4) is 0 Å². The van der Waals surface area contributed by atoms with Gasteiger partial charge in [-0.05, 0) is 38.3 Å². The Kier molecular flexibility index (Phi) is 7.46. The molecule has 0 aliphatic carbocycles. The first-order chi connectivity index (χ1) is 10.0. The van der Waals surface area contributed by atoms with Gasteiger partial charge in [0.25, 0.3) is 0 Å². The number of amides is 3. The Morgan fingerprint density at radius 2 is 1.81 bits per heavy atom. The molecule has 0 fully saturated rings. The van der Waals surface area contributed by atoms with Crippen molar-refractivity contribution in [2.75, 3.05) is 13.1 Å². The molecule has 0 saturated carbocycles. The molecule has 0 bridgehead atoms. The van der Waals surface area contributed by atoms with E-state index in [1.807, 2.05) is 18.2 Å². The number of carbonyl (C=O) groups is 2. The largest absolute Gasteiger partial charge is 0.338 e. The van der Waals surface area contributed by atoms with Crippen molar-refractivity contribution in [2.45, 2.75) is 39.2 Å². The number of hydrogen-bond acceptors (Lipinski definition) is 3. The van der Waals surface area contributed by atoms with Crippen LogP contribution in [0.5, 0.6) is 0 Å². The maximum atomic E-state index is 11.7. The molecule has 3 amide bonds. The maximum absolute atomic E-state index is 11.7. The maximum Gasteiger partial charge on any atom is 0.321 e. The fourth-order valence-corrected chi connectivity index (χ4v) is 1.98. The summed E-state index contributed by atoms with van der Waals surface area (Å²) in [7, 11) is 0. The van der Waals surface area contributed by atoms with Gasteiger partial charge in [0.15, 0.2) is 0 Å². The van der Waals surface area contributed by atoms with Crippen LogP contribution in [0.2, 0.25) is 0 Å². The molecular formula is C16H25N3O2. The average Bonchev–Trinajstić information content (AvgIpc) is 2.48. The summed E-state index contributed by atoms with van der Waals surface area (Å²) < 4.78 is 0. The van der Waals surface area contributed by atoms with Gasteiger partial charge in [-0.1, -0.05) is 37.3 Å². The minimum absolute atomic E-state index is 0.312. The minimum Gasteiger partial charge on any atom is -0.338 e. The van der Waals surface area contributed by atoms with Gasteiger partial charge in [0.2, 0.25) is 5.91 Å². The van der Waals surface area contributed by atoms with Gasteiger partial charge in [-0.2, -0.15) is 0 Å². The fraction of sp³-hybridized carbons (Fsp3) is 0.500. The van der Waals surface area contributed by atoms with Gasteiger partial charge in [0, 0.05) is 6.54 Å². The van der Waals surface area contributed by atoms with Gasteiger partial charge < -0.3 is 10.6 Å². The minimum atomic E-state index is -0.450. The predicted molar refractivity (Wildman–Crippen MR) is 84.2 cm³/mol. The van der Waals surface area contributed by atoms with Gasteiger partial charge in [0.05, 0.1) is 6.04 Å². The zero-order chi connectivity index (χ0) is 15.7. The lowest BCUT2D eigenvalue weighted by molar-refractivity contribution is -0.121. The lowest BCUT2D eigenvalue weighted by Crippen LogP contribution is -2.48. The molecule has 0 radical (unpaired) electrons. The zero-order valence-corrected chi connectivity index (χ0v) is 13.0. The molecule has 0 aliphatic heterocycles. The molecule has 1 rings (SSSR count). The van der Waals surface area contributed by atoms with Crippen LogP contribution in [-0.4, -0.2) is 31.1 Å². The SMILES string of the molecule is CCNC(=O)NC(=O)C(C)NCCC(C)c1ccccc1. The van der Waals surface area contributed by atoms with E-state index in [4.69, 9.17) is 0 Å². The second-order valence-corrected chi connectivity index (χ2v) is 5.12. The predicted octanol–water partition coefficient (Wildman–Crippen LogP) is 2.00. The summed E-state index contributed by atoms with van der Waals surface area (Å²) in [5.74, 6) is 0.116. The second-order valence-electron chi connectivity index (χ2n) is 5.12. The van der Waals surface area contributed by atoms with E-state index in [0.29, 0.717) is 12.5 Å². The Balaban J connectivity index is 2.28. The molecule has 2 atom stereocenters. The van der Waals surface area contributed by atoms with Gasteiger partial charge >= 0.3 is 6.03 Å². The van der Waals surface area contributed by atoms with Gasteiger partial charge in [0.1, 0.15) is 0 Å². The summed E-state index contributed by atoms with van der Waals surface area (Å²) in [6, 6.07) is 9.43. The van der Waals surface area contributed by atoms with E-state index < -0.39 is 12.1 Å². The van der Waals surface area contributed by atoms with E-state index >= 15 is 0 Å². The standard InChI is InChI=1S/C16H25N3O2/c1-4-17-16(21)19-15(20)13(3)18-11-10-12(2)14-8-6-5-7-9-14/h5-9,12-13,18H,4,10-11H2,1-3H3,(H2,17,19,20,21). The highest BCUT2D eigenvalue weighted by Gasteiger charge is 2.15. The molecule has 0 aromatic heterocycles. The third kappa shape index (κ3) is 6.40. The smallest absolute Gasteiger partial charge is 0.321 e. The summed E-state index contributed by atoms with van der Waals surface area (Å²) in [6.07, 6.45) is 0.933. The quantitative estimate of drug-likeness (QED) is 0.719. The Hall–Kier alpha value is -1.88. The monoisotopic (exact) mass is 291 g/mol. The van der Waals surface area contributed by atoms with Crippen LogP contribution in [0.1, 0.15) is 38.7 Å². The fourth-order valence-electron chi connectivity index (χ4n) is 1.98. The van der Waals surface area contributed by atoms with Crippen LogP contribution in [0.4, 0.5) is 4.79 Å². The molecule has 1 aromatic rings. The van der Waals surface area contributed by atoms with Crippen LogP contribution in [0, 0.1) is 0 Å². The summed E-state index contributed by atoms with van der Waals surface area (Å²) in [4.78, 5) is 23.0. The Bertz CT molecular complexity index is 448. The Morgan fingerprint density at radius 1 is 1.14 bits per heavy atom. The van der Waals surface area contributed by atoms with E-state index in [0.717, 1.165) is 13.0 Å². The van der Waals surface area contributed by atoms with Gasteiger partial charge in [-0.25, -0.2) is 4.79 Å². The molecule has 21 heavy (non-hydrogen) atoms. The number of rotatable bonds is 7. The zero-order valence-electron chi connectivity index (χ0n) is 13.0. The van der Waals surface area contributed by atoms with Crippen LogP contribution >= 0.6 is 0 Å². The Morgan fingerprint density at radius 3 is 2.43 bits per heavy atom. The first-order valence-corrected chi connectivity index (χ1v) is 7.41. The van der Waals surface area contributed by atoms with Crippen LogP contribution in [0.15, 0.2) is 30.3 Å². The molecule has 5 nitrogen and oxygen atoms in total. The molecule has 5 heteroatoms. The molecule has 0 heterocycles. The van der Waals surface area contributed by atoms with Crippen molar-refractivity contribution in [3.63, 3.8) is 0 Å². The Labute approximate surface area is 126 Å². The van der Waals surface area contributed by atoms with Crippen molar-refractivity contribution in [2.24, 2.45) is 0 Å². The molecule has 0 aliphatic rings. The van der Waals surface area contributed by atoms with Crippen molar-refractivity contribution < 1.29 is 9.59 Å². The summed E-state index contributed by atoms with van der Waals surface area (Å²) in [6.45, 7) is 6.93. The molecule has 1 aromatic carbocycles. The summed E-state index contributed by atoms with van der Waals surface area (Å²) in [5.41, 5.74) is 1.29. The lowest BCUT2D eigenvalue weighted by Gasteiger charge is -2.16. The van der Waals surface area contributed by atoms with E-state index in [2.05, 4.69) is 35.0 Å². The lowest BCUT2D eigenvalue weighted by atomic mass is 9.98. The van der Waals surface area contributed by atoms with Crippen LogP contribution < -0.4 is 16.0 Å². The van der Waals surface area contributed by atoms with E-state index in [9.17, 15) is 9.59 Å². The number of benzene rings is 1. The summed E-state index contributed by atoms with van der Waals surface area (Å²) in [5, 5.41) is 7.97. The number of hydrogen-bond donors (Lipinski definition) is 3. The number of imide groups is 1. The molecule has 116 valence electrons. The third-order valence-corrected chi connectivity index (χ3v) is 3.36. The number of urea groups is 1.